The maximum Gasteiger partial charge on any atom is 0.259 e. The number of rotatable bonds is 3. The minimum absolute atomic E-state index is 0.0252. The number of hydrogen-bond acceptors (Lipinski definition) is 4. The fourth-order valence-electron chi connectivity index (χ4n) is 3.50. The van der Waals surface area contributed by atoms with Gasteiger partial charge in [-0.15, -0.1) is 0 Å². The number of aromatic nitrogens is 3. The Balaban J connectivity index is 1.69. The summed E-state index contributed by atoms with van der Waals surface area (Å²) in [6.45, 7) is 4.83. The highest BCUT2D eigenvalue weighted by molar-refractivity contribution is 6.07. The summed E-state index contributed by atoms with van der Waals surface area (Å²) in [7, 11) is 1.66. The maximum atomic E-state index is 13.1. The molecule has 134 valence electrons. The molecule has 0 bridgehead atoms. The van der Waals surface area contributed by atoms with Crippen molar-refractivity contribution in [2.75, 3.05) is 18.6 Å². The molecule has 0 saturated carbocycles. The molecule has 26 heavy (non-hydrogen) atoms. The maximum absolute atomic E-state index is 13.1. The number of hydrogen-bond donors (Lipinski definition) is 0. The predicted octanol–water partition coefficient (Wildman–Crippen LogP) is 3.61. The van der Waals surface area contributed by atoms with Crippen LogP contribution in [0, 0.1) is 0 Å². The van der Waals surface area contributed by atoms with Crippen LogP contribution in [0.25, 0.3) is 11.0 Å². The van der Waals surface area contributed by atoms with Crippen LogP contribution in [0.5, 0.6) is 5.75 Å². The first kappa shape index (κ1) is 16.6. The van der Waals surface area contributed by atoms with Gasteiger partial charge in [0, 0.05) is 29.9 Å². The normalized spacial score (nSPS) is 13.9. The molecule has 1 amide bonds. The Morgan fingerprint density at radius 2 is 2.08 bits per heavy atom. The number of ether oxygens (including phenoxy) is 1. The highest BCUT2D eigenvalue weighted by Crippen LogP contribution is 2.31. The first-order valence-corrected chi connectivity index (χ1v) is 8.90. The second-order valence-corrected chi connectivity index (χ2v) is 6.87. The van der Waals surface area contributed by atoms with Gasteiger partial charge in [0.2, 0.25) is 0 Å². The average Bonchev–Trinajstić information content (AvgIpc) is 3.10. The van der Waals surface area contributed by atoms with E-state index in [1.54, 1.807) is 19.5 Å². The standard InChI is InChI=1S/C20H22N4O2/c1-13(2)24-19-15(12-22-24)9-16(11-21-19)20(25)23-8-4-5-14-10-17(26-3)6-7-18(14)23/h6-7,9-13H,4-5,8H2,1-3H3. The molecule has 1 aliphatic heterocycles. The monoisotopic (exact) mass is 350 g/mol. The Morgan fingerprint density at radius 1 is 1.23 bits per heavy atom. The van der Waals surface area contributed by atoms with Crippen molar-refractivity contribution < 1.29 is 9.53 Å². The number of carbonyl (C=O) groups is 1. The summed E-state index contributed by atoms with van der Waals surface area (Å²) in [5.74, 6) is 0.796. The van der Waals surface area contributed by atoms with E-state index in [9.17, 15) is 4.79 Å². The number of anilines is 1. The van der Waals surface area contributed by atoms with Crippen LogP contribution in [0.2, 0.25) is 0 Å². The van der Waals surface area contributed by atoms with E-state index >= 15 is 0 Å². The lowest BCUT2D eigenvalue weighted by Crippen LogP contribution is -2.35. The van der Waals surface area contributed by atoms with Crippen molar-refractivity contribution in [3.05, 3.63) is 47.8 Å². The second kappa shape index (κ2) is 6.44. The molecule has 0 fully saturated rings. The number of benzene rings is 1. The molecule has 0 atom stereocenters. The number of aryl methyl sites for hydroxylation is 1. The van der Waals surface area contributed by atoms with Gasteiger partial charge in [-0.05, 0) is 56.5 Å². The van der Waals surface area contributed by atoms with Gasteiger partial charge in [-0.1, -0.05) is 0 Å². The summed E-state index contributed by atoms with van der Waals surface area (Å²) in [5, 5.41) is 5.26. The number of nitrogens with zero attached hydrogens (tertiary/aromatic N) is 4. The number of carbonyl (C=O) groups excluding carboxylic acids is 1. The molecule has 4 rings (SSSR count). The van der Waals surface area contributed by atoms with E-state index in [2.05, 4.69) is 23.9 Å². The number of pyridine rings is 1. The second-order valence-electron chi connectivity index (χ2n) is 6.87. The zero-order valence-corrected chi connectivity index (χ0v) is 15.3. The van der Waals surface area contributed by atoms with Crippen molar-refractivity contribution in [1.29, 1.82) is 0 Å². The first-order chi connectivity index (χ1) is 12.6. The Morgan fingerprint density at radius 3 is 2.85 bits per heavy atom. The fourth-order valence-corrected chi connectivity index (χ4v) is 3.50. The largest absolute Gasteiger partial charge is 0.497 e. The van der Waals surface area contributed by atoms with Crippen molar-refractivity contribution in [3.63, 3.8) is 0 Å². The molecule has 1 aliphatic rings. The van der Waals surface area contributed by atoms with Gasteiger partial charge in [-0.25, -0.2) is 9.67 Å². The highest BCUT2D eigenvalue weighted by Gasteiger charge is 2.24. The summed E-state index contributed by atoms with van der Waals surface area (Å²) in [6.07, 6.45) is 5.32. The topological polar surface area (TPSA) is 60.2 Å². The lowest BCUT2D eigenvalue weighted by atomic mass is 10.0. The third-order valence-electron chi connectivity index (χ3n) is 4.82. The molecule has 6 nitrogen and oxygen atoms in total. The zero-order valence-electron chi connectivity index (χ0n) is 15.3. The van der Waals surface area contributed by atoms with E-state index in [-0.39, 0.29) is 11.9 Å². The molecule has 3 aromatic rings. The van der Waals surface area contributed by atoms with Crippen molar-refractivity contribution in [1.82, 2.24) is 14.8 Å². The van der Waals surface area contributed by atoms with Gasteiger partial charge in [0.05, 0.1) is 18.9 Å². The summed E-state index contributed by atoms with van der Waals surface area (Å²) in [6, 6.07) is 7.99. The molecule has 0 spiro atoms. The fraction of sp³-hybridized carbons (Fsp3) is 0.350. The summed E-state index contributed by atoms with van der Waals surface area (Å²) in [4.78, 5) is 19.5. The van der Waals surface area contributed by atoms with Gasteiger partial charge in [-0.3, -0.25) is 4.79 Å². The predicted molar refractivity (Wildman–Crippen MR) is 101 cm³/mol. The van der Waals surface area contributed by atoms with Crippen molar-refractivity contribution >= 4 is 22.6 Å². The number of amides is 1. The third-order valence-corrected chi connectivity index (χ3v) is 4.82. The van der Waals surface area contributed by atoms with Crippen LogP contribution in [-0.2, 0) is 6.42 Å². The molecule has 0 saturated heterocycles. The summed E-state index contributed by atoms with van der Waals surface area (Å²) in [5.41, 5.74) is 3.50. The first-order valence-electron chi connectivity index (χ1n) is 8.90. The lowest BCUT2D eigenvalue weighted by Gasteiger charge is -2.29. The summed E-state index contributed by atoms with van der Waals surface area (Å²) >= 11 is 0. The third kappa shape index (κ3) is 2.71. The minimum Gasteiger partial charge on any atom is -0.497 e. The van der Waals surface area contributed by atoms with Gasteiger partial charge >= 0.3 is 0 Å². The van der Waals surface area contributed by atoms with E-state index in [0.717, 1.165) is 40.9 Å². The van der Waals surface area contributed by atoms with Gasteiger partial charge < -0.3 is 9.64 Å². The van der Waals surface area contributed by atoms with Gasteiger partial charge in [0.1, 0.15) is 5.75 Å². The van der Waals surface area contributed by atoms with E-state index < -0.39 is 0 Å². The summed E-state index contributed by atoms with van der Waals surface area (Å²) < 4.78 is 7.17. The molecule has 0 aliphatic carbocycles. The SMILES string of the molecule is COc1ccc2c(c1)CCCN2C(=O)c1cnc2c(cnn2C(C)C)c1. The van der Waals surface area contributed by atoms with Crippen LogP contribution in [-0.4, -0.2) is 34.3 Å². The van der Waals surface area contributed by atoms with Crippen LogP contribution in [0.4, 0.5) is 5.69 Å². The van der Waals surface area contributed by atoms with E-state index in [1.807, 2.05) is 33.8 Å². The number of methoxy groups -OCH3 is 1. The molecule has 0 N–H and O–H groups in total. The van der Waals surface area contributed by atoms with Crippen molar-refractivity contribution in [2.45, 2.75) is 32.7 Å². The Bertz CT molecular complexity index is 977. The van der Waals surface area contributed by atoms with Crippen LogP contribution in [0.15, 0.2) is 36.7 Å². The molecule has 0 radical (unpaired) electrons. The Hall–Kier alpha value is -2.89. The minimum atomic E-state index is -0.0252. The van der Waals surface area contributed by atoms with Gasteiger partial charge in [-0.2, -0.15) is 5.10 Å². The molecule has 6 heteroatoms. The molecule has 1 aromatic carbocycles. The van der Waals surface area contributed by atoms with Crippen LogP contribution in [0.3, 0.4) is 0 Å². The smallest absolute Gasteiger partial charge is 0.259 e. The Labute approximate surface area is 152 Å². The number of fused-ring (bicyclic) bond motifs is 2. The van der Waals surface area contributed by atoms with Crippen molar-refractivity contribution in [3.8, 4) is 5.75 Å². The van der Waals surface area contributed by atoms with Crippen LogP contribution >= 0.6 is 0 Å². The highest BCUT2D eigenvalue weighted by atomic mass is 16.5. The zero-order chi connectivity index (χ0) is 18.3. The van der Waals surface area contributed by atoms with Gasteiger partial charge in [0.25, 0.3) is 5.91 Å². The molecule has 2 aromatic heterocycles. The van der Waals surface area contributed by atoms with Crippen LogP contribution < -0.4 is 9.64 Å². The van der Waals surface area contributed by atoms with E-state index in [1.165, 1.54) is 0 Å². The molecular formula is C20H22N4O2. The molecule has 0 unspecified atom stereocenters. The van der Waals surface area contributed by atoms with Crippen molar-refractivity contribution in [2.24, 2.45) is 0 Å². The quantitative estimate of drug-likeness (QED) is 0.724. The lowest BCUT2D eigenvalue weighted by molar-refractivity contribution is 0.0985. The van der Waals surface area contributed by atoms with E-state index in [4.69, 9.17) is 4.74 Å². The van der Waals surface area contributed by atoms with Gasteiger partial charge in [0.15, 0.2) is 5.65 Å². The van der Waals surface area contributed by atoms with E-state index in [0.29, 0.717) is 12.1 Å². The van der Waals surface area contributed by atoms with Crippen LogP contribution in [0.1, 0.15) is 42.2 Å². The molecular weight excluding hydrogens is 328 g/mol. The Kier molecular flexibility index (Phi) is 4.11. The average molecular weight is 350 g/mol. The molecule has 3 heterocycles.